The molecule has 2 amide bonds. The first-order chi connectivity index (χ1) is 12.4. The molecule has 0 aromatic rings. The van der Waals surface area contributed by atoms with Gasteiger partial charge >= 0.3 is 21.3 Å². The summed E-state index contributed by atoms with van der Waals surface area (Å²) < 4.78 is 83.1. The van der Waals surface area contributed by atoms with E-state index in [9.17, 15) is 35.6 Å². The number of hydroxylamine groups is 2. The highest BCUT2D eigenvalue weighted by atomic mass is 32.2. The number of aliphatic hydroxyl groups is 1. The van der Waals surface area contributed by atoms with Gasteiger partial charge in [-0.2, -0.15) is 26.0 Å². The van der Waals surface area contributed by atoms with Gasteiger partial charge in [-0.15, -0.1) is 9.35 Å². The van der Waals surface area contributed by atoms with E-state index in [1.165, 1.54) is 0 Å². The number of fused-ring (bicyclic) bond motifs is 5. The lowest BCUT2D eigenvalue weighted by atomic mass is 9.85. The van der Waals surface area contributed by atoms with Gasteiger partial charge in [0.1, 0.15) is 0 Å². The van der Waals surface area contributed by atoms with E-state index in [-0.39, 0.29) is 23.3 Å². The smallest absolute Gasteiger partial charge is 0.396 e. The third-order valence-electron chi connectivity index (χ3n) is 5.24. The van der Waals surface area contributed by atoms with Crippen molar-refractivity contribution in [2.24, 2.45) is 23.7 Å². The maximum Gasteiger partial charge on any atom is 0.433 e. The van der Waals surface area contributed by atoms with Crippen LogP contribution in [0.2, 0.25) is 0 Å². The molecule has 2 bridgehead atoms. The first-order valence-corrected chi connectivity index (χ1v) is 9.72. The van der Waals surface area contributed by atoms with E-state index in [1.807, 2.05) is 0 Å². The molecule has 152 valence electrons. The summed E-state index contributed by atoms with van der Waals surface area (Å²) in [6, 6.07) is 0. The van der Waals surface area contributed by atoms with E-state index in [0.717, 1.165) is 0 Å². The summed E-state index contributed by atoms with van der Waals surface area (Å²) in [4.78, 5) is 24.5. The number of carbonyl (C=O) groups is 2. The molecule has 0 radical (unpaired) electrons. The van der Waals surface area contributed by atoms with E-state index in [4.69, 9.17) is 5.11 Å². The van der Waals surface area contributed by atoms with Gasteiger partial charge in [-0.25, -0.2) is 0 Å². The summed E-state index contributed by atoms with van der Waals surface area (Å²) in [6.07, 6.45) is 1.55. The van der Waals surface area contributed by atoms with Crippen LogP contribution in [0.15, 0.2) is 12.2 Å². The average molecular weight is 415 g/mol. The molecule has 27 heavy (non-hydrogen) atoms. The number of allylic oxidation sites excluding steroid dienone is 2. The van der Waals surface area contributed by atoms with Crippen LogP contribution in [0.3, 0.4) is 0 Å². The minimum atomic E-state index is -6.33. The van der Waals surface area contributed by atoms with Crippen LogP contribution in [0.25, 0.3) is 0 Å². The second-order valence-corrected chi connectivity index (χ2v) is 8.47. The SMILES string of the molecule is O=C1C2C3C=CC(C3)C2C(=O)N1OS(=O)(=O)C(F)(F)C(F)(F)CCCCO. The fourth-order valence-corrected chi connectivity index (χ4v) is 4.79. The number of amides is 2. The van der Waals surface area contributed by atoms with Crippen molar-refractivity contribution in [2.75, 3.05) is 6.61 Å². The number of unbranched alkanes of at least 4 members (excludes halogenated alkanes) is 1. The molecule has 4 unspecified atom stereocenters. The fraction of sp³-hybridized carbons (Fsp3) is 0.733. The quantitative estimate of drug-likeness (QED) is 0.279. The van der Waals surface area contributed by atoms with Crippen LogP contribution in [0.4, 0.5) is 17.6 Å². The number of halogens is 4. The van der Waals surface area contributed by atoms with Gasteiger partial charge in [0.05, 0.1) is 11.8 Å². The Morgan fingerprint density at radius 3 is 2.07 bits per heavy atom. The predicted molar refractivity (Wildman–Crippen MR) is 80.4 cm³/mol. The Labute approximate surface area is 152 Å². The number of alkyl halides is 4. The third-order valence-corrected chi connectivity index (χ3v) is 6.51. The van der Waals surface area contributed by atoms with Gasteiger partial charge in [-0.05, 0) is 31.1 Å². The molecule has 3 rings (SSSR count). The molecule has 0 aromatic carbocycles. The summed E-state index contributed by atoms with van der Waals surface area (Å²) >= 11 is 0. The molecule has 3 aliphatic rings. The average Bonchev–Trinajstić information content (AvgIpc) is 3.24. The van der Waals surface area contributed by atoms with Crippen LogP contribution in [-0.4, -0.2) is 48.2 Å². The number of hydrogen-bond acceptors (Lipinski definition) is 6. The Balaban J connectivity index is 1.78. The van der Waals surface area contributed by atoms with Gasteiger partial charge in [0.15, 0.2) is 0 Å². The van der Waals surface area contributed by atoms with Crippen molar-refractivity contribution in [2.45, 2.75) is 36.9 Å². The highest BCUT2D eigenvalue weighted by Crippen LogP contribution is 2.53. The molecule has 1 saturated carbocycles. The molecule has 2 aliphatic carbocycles. The van der Waals surface area contributed by atoms with Gasteiger partial charge in [0, 0.05) is 13.0 Å². The zero-order valence-electron chi connectivity index (χ0n) is 13.9. The molecule has 1 aliphatic heterocycles. The van der Waals surface area contributed by atoms with Crippen LogP contribution in [0, 0.1) is 23.7 Å². The lowest BCUT2D eigenvalue weighted by Crippen LogP contribution is -2.50. The molecule has 1 heterocycles. The van der Waals surface area contributed by atoms with Gasteiger partial charge < -0.3 is 5.11 Å². The molecule has 1 N–H and O–H groups in total. The number of carbonyl (C=O) groups excluding carboxylic acids is 2. The largest absolute Gasteiger partial charge is 0.433 e. The van der Waals surface area contributed by atoms with Crippen LogP contribution < -0.4 is 0 Å². The van der Waals surface area contributed by atoms with E-state index in [2.05, 4.69) is 4.28 Å². The number of aliphatic hydroxyl groups excluding tert-OH is 1. The zero-order chi connectivity index (χ0) is 20.2. The summed E-state index contributed by atoms with van der Waals surface area (Å²) in [5.41, 5.74) is 0. The Kier molecular flexibility index (Phi) is 4.88. The standard InChI is InChI=1S/C15H17F4NO6S/c16-14(17,5-1-2-6-21)15(18,19)27(24,25)26-20-12(22)10-8-3-4-9(7-8)11(10)13(20)23/h3-4,8-11,21H,1-2,5-7H2. The van der Waals surface area contributed by atoms with Crippen molar-refractivity contribution < 1.29 is 45.0 Å². The molecule has 0 aromatic heterocycles. The zero-order valence-corrected chi connectivity index (χ0v) is 14.7. The molecular formula is C15H17F4NO6S. The van der Waals surface area contributed by atoms with Crippen molar-refractivity contribution in [1.82, 2.24) is 5.06 Å². The lowest BCUT2D eigenvalue weighted by molar-refractivity contribution is -0.183. The molecule has 2 fully saturated rings. The molecule has 7 nitrogen and oxygen atoms in total. The molecular weight excluding hydrogens is 398 g/mol. The second-order valence-electron chi connectivity index (χ2n) is 6.90. The predicted octanol–water partition coefficient (Wildman–Crippen LogP) is 1.45. The monoisotopic (exact) mass is 415 g/mol. The molecule has 0 spiro atoms. The van der Waals surface area contributed by atoms with Crippen LogP contribution in [0.1, 0.15) is 25.7 Å². The van der Waals surface area contributed by atoms with Crippen molar-refractivity contribution in [1.29, 1.82) is 0 Å². The topological polar surface area (TPSA) is 101 Å². The fourth-order valence-electron chi connectivity index (χ4n) is 3.88. The van der Waals surface area contributed by atoms with E-state index < -0.39 is 64.4 Å². The normalized spacial score (nSPS) is 30.5. The summed E-state index contributed by atoms with van der Waals surface area (Å²) in [5, 5.41) is 2.57. The first kappa shape index (κ1) is 20.2. The third kappa shape index (κ3) is 2.97. The van der Waals surface area contributed by atoms with Gasteiger partial charge in [0.25, 0.3) is 11.8 Å². The van der Waals surface area contributed by atoms with Gasteiger partial charge in [0.2, 0.25) is 0 Å². The van der Waals surface area contributed by atoms with Crippen molar-refractivity contribution >= 4 is 21.9 Å². The van der Waals surface area contributed by atoms with E-state index in [0.29, 0.717) is 6.42 Å². The van der Waals surface area contributed by atoms with Crippen molar-refractivity contribution in [3.05, 3.63) is 12.2 Å². The maximum atomic E-state index is 14.0. The highest BCUT2D eigenvalue weighted by Gasteiger charge is 2.68. The minimum Gasteiger partial charge on any atom is -0.396 e. The number of hydrogen-bond donors (Lipinski definition) is 1. The lowest BCUT2D eigenvalue weighted by Gasteiger charge is -2.27. The Bertz CT molecular complexity index is 753. The number of rotatable bonds is 8. The second kappa shape index (κ2) is 6.52. The highest BCUT2D eigenvalue weighted by molar-refractivity contribution is 7.87. The van der Waals surface area contributed by atoms with Crippen LogP contribution >= 0.6 is 0 Å². The summed E-state index contributed by atoms with van der Waals surface area (Å²) in [7, 11) is -6.33. The maximum absolute atomic E-state index is 14.0. The minimum absolute atomic E-state index is 0.227. The van der Waals surface area contributed by atoms with Gasteiger partial charge in [-0.3, -0.25) is 9.59 Å². The Morgan fingerprint density at radius 2 is 1.59 bits per heavy atom. The van der Waals surface area contributed by atoms with Crippen molar-refractivity contribution in [3.8, 4) is 0 Å². The molecule has 1 saturated heterocycles. The van der Waals surface area contributed by atoms with Crippen molar-refractivity contribution in [3.63, 3.8) is 0 Å². The van der Waals surface area contributed by atoms with E-state index in [1.54, 1.807) is 12.2 Å². The molecule has 12 heteroatoms. The Morgan fingerprint density at radius 1 is 1.07 bits per heavy atom. The summed E-state index contributed by atoms with van der Waals surface area (Å²) in [5.74, 6) is -9.79. The summed E-state index contributed by atoms with van der Waals surface area (Å²) in [6.45, 7) is -0.527. The Hall–Kier alpha value is -1.53. The van der Waals surface area contributed by atoms with Crippen LogP contribution in [0.5, 0.6) is 0 Å². The first-order valence-electron chi connectivity index (χ1n) is 8.31. The number of nitrogens with zero attached hydrogens (tertiary/aromatic N) is 1. The van der Waals surface area contributed by atoms with Gasteiger partial charge in [-0.1, -0.05) is 12.2 Å². The number of imide groups is 1. The van der Waals surface area contributed by atoms with E-state index >= 15 is 0 Å². The molecule has 4 atom stereocenters. The van der Waals surface area contributed by atoms with Crippen LogP contribution in [-0.2, 0) is 24.0 Å².